The van der Waals surface area contributed by atoms with Crippen molar-refractivity contribution in [3.8, 4) is 5.75 Å². The molecule has 0 spiro atoms. The fraction of sp³-hybridized carbons (Fsp3) is 0. The van der Waals surface area contributed by atoms with E-state index in [9.17, 15) is 16.7 Å². The number of hydrogen-bond acceptors (Lipinski definition) is 1. The van der Waals surface area contributed by atoms with Crippen LogP contribution < -0.4 is 4.43 Å². The van der Waals surface area contributed by atoms with Gasteiger partial charge in [-0.3, -0.25) is 0 Å². The highest BCUT2D eigenvalue weighted by atomic mass is 28.5. The topological polar surface area (TPSA) is 9.23 Å². The van der Waals surface area contributed by atoms with Crippen LogP contribution in [0.1, 0.15) is 0 Å². The monoisotopic (exact) mass is 296 g/mol. The molecule has 20 heavy (non-hydrogen) atoms. The Labute approximate surface area is 113 Å². The molecule has 3 aromatic rings. The third-order valence-electron chi connectivity index (χ3n) is 2.99. The lowest BCUT2D eigenvalue weighted by Crippen LogP contribution is -2.25. The smallest absolute Gasteiger partial charge is 0.470 e. The van der Waals surface area contributed by atoms with E-state index in [1.807, 2.05) is 0 Å². The molecule has 0 bridgehead atoms. The van der Waals surface area contributed by atoms with Gasteiger partial charge in [0.1, 0.15) is 11.6 Å². The molecule has 1 nitrogen and oxygen atoms in total. The molecule has 0 fully saturated rings. The van der Waals surface area contributed by atoms with Crippen LogP contribution in [0.25, 0.3) is 21.5 Å². The van der Waals surface area contributed by atoms with Crippen molar-refractivity contribution in [2.45, 2.75) is 0 Å². The third kappa shape index (κ3) is 2.34. The summed E-state index contributed by atoms with van der Waals surface area (Å²) in [5.41, 5.74) is 0. The number of rotatable bonds is 2. The lowest BCUT2D eigenvalue weighted by Gasteiger charge is -2.13. The lowest BCUT2D eigenvalue weighted by atomic mass is 10.0. The summed E-state index contributed by atoms with van der Waals surface area (Å²) in [6.45, 7) is 0. The van der Waals surface area contributed by atoms with Crippen LogP contribution in [-0.2, 0) is 0 Å². The predicted octanol–water partition coefficient (Wildman–Crippen LogP) is 4.86. The first-order valence-electron chi connectivity index (χ1n) is 5.81. The Morgan fingerprint density at radius 1 is 0.800 bits per heavy atom. The van der Waals surface area contributed by atoms with Crippen LogP contribution in [0.2, 0.25) is 0 Å². The van der Waals surface area contributed by atoms with E-state index in [1.54, 1.807) is 24.3 Å². The normalized spacial score (nSPS) is 12.0. The number of benzene rings is 3. The van der Waals surface area contributed by atoms with Gasteiger partial charge in [-0.05, 0) is 29.0 Å². The summed E-state index contributed by atoms with van der Waals surface area (Å²) in [6, 6.07) is 12.0. The molecule has 0 amide bonds. The molecular formula is C14H8F4OSi. The fourth-order valence-electron chi connectivity index (χ4n) is 2.22. The largest absolute Gasteiger partial charge is 0.875 e. The van der Waals surface area contributed by atoms with Crippen molar-refractivity contribution in [1.29, 1.82) is 0 Å². The minimum absolute atomic E-state index is 0.133. The second-order valence-corrected chi connectivity index (χ2v) is 5.44. The summed E-state index contributed by atoms with van der Waals surface area (Å²) < 4.78 is 55.7. The molecular weight excluding hydrogens is 288 g/mol. The zero-order valence-corrected chi connectivity index (χ0v) is 11.0. The molecule has 0 saturated heterocycles. The number of halogens is 4. The zero-order valence-electron chi connectivity index (χ0n) is 10.0. The molecule has 0 heterocycles. The zero-order chi connectivity index (χ0) is 14.3. The lowest BCUT2D eigenvalue weighted by molar-refractivity contribution is 0.300. The molecule has 0 aliphatic heterocycles. The van der Waals surface area contributed by atoms with Crippen LogP contribution in [0.3, 0.4) is 0 Å². The number of fused-ring (bicyclic) bond motifs is 2. The molecule has 102 valence electrons. The van der Waals surface area contributed by atoms with Crippen molar-refractivity contribution >= 4 is 30.9 Å². The van der Waals surface area contributed by atoms with Gasteiger partial charge in [-0.15, -0.1) is 0 Å². The molecule has 3 rings (SSSR count). The molecule has 6 heteroatoms. The van der Waals surface area contributed by atoms with E-state index in [4.69, 9.17) is 0 Å². The molecule has 0 aliphatic carbocycles. The quantitative estimate of drug-likeness (QED) is 0.284. The summed E-state index contributed by atoms with van der Waals surface area (Å²) in [4.78, 5) is 0. The fourth-order valence-corrected chi connectivity index (χ4v) is 2.67. The predicted molar refractivity (Wildman–Crippen MR) is 71.1 cm³/mol. The standard InChI is InChI=1S/C14H8F4OSi/c15-11-6-5-10-7-9-3-1-2-4-12(9)14(13(10)8-11)19-20(16,17)18/h1-8H. The molecule has 0 saturated carbocycles. The van der Waals surface area contributed by atoms with Crippen LogP contribution in [0.4, 0.5) is 16.7 Å². The maximum absolute atomic E-state index is 13.3. The average molecular weight is 296 g/mol. The van der Waals surface area contributed by atoms with Crippen molar-refractivity contribution in [3.63, 3.8) is 0 Å². The van der Waals surface area contributed by atoms with Gasteiger partial charge in [-0.1, -0.05) is 30.3 Å². The van der Waals surface area contributed by atoms with Crippen LogP contribution in [0.5, 0.6) is 5.75 Å². The first-order chi connectivity index (χ1) is 9.44. The van der Waals surface area contributed by atoms with E-state index in [1.165, 1.54) is 18.2 Å². The minimum atomic E-state index is -6.27. The Hall–Kier alpha value is -2.08. The van der Waals surface area contributed by atoms with Crippen LogP contribution in [0, 0.1) is 5.82 Å². The summed E-state index contributed by atoms with van der Waals surface area (Å²) in [5, 5.41) is 1.60. The summed E-state index contributed by atoms with van der Waals surface area (Å²) in [7, 11) is -6.27. The Kier molecular flexibility index (Phi) is 2.90. The first kappa shape index (κ1) is 12.9. The van der Waals surface area contributed by atoms with Crippen molar-refractivity contribution in [2.24, 2.45) is 0 Å². The molecule has 0 radical (unpaired) electrons. The first-order valence-corrected chi connectivity index (χ1v) is 7.35. The Bertz CT molecular complexity index is 798. The van der Waals surface area contributed by atoms with E-state index in [-0.39, 0.29) is 11.1 Å². The second kappa shape index (κ2) is 4.48. The molecule has 3 aromatic carbocycles. The maximum Gasteiger partial charge on any atom is 0.875 e. The van der Waals surface area contributed by atoms with Crippen LogP contribution in [0.15, 0.2) is 48.5 Å². The molecule has 0 aliphatic rings. The van der Waals surface area contributed by atoms with E-state index >= 15 is 0 Å². The van der Waals surface area contributed by atoms with E-state index in [2.05, 4.69) is 4.43 Å². The minimum Gasteiger partial charge on any atom is -0.470 e. The summed E-state index contributed by atoms with van der Waals surface area (Å²) in [5.74, 6) is -0.904. The van der Waals surface area contributed by atoms with E-state index < -0.39 is 15.1 Å². The van der Waals surface area contributed by atoms with Crippen molar-refractivity contribution < 1.29 is 21.1 Å². The van der Waals surface area contributed by atoms with Gasteiger partial charge in [0.25, 0.3) is 0 Å². The van der Waals surface area contributed by atoms with Gasteiger partial charge in [0, 0.05) is 10.8 Å². The van der Waals surface area contributed by atoms with Gasteiger partial charge in [0.2, 0.25) is 0 Å². The van der Waals surface area contributed by atoms with Crippen LogP contribution >= 0.6 is 0 Å². The summed E-state index contributed by atoms with van der Waals surface area (Å²) in [6.07, 6.45) is 0. The van der Waals surface area contributed by atoms with Gasteiger partial charge in [-0.2, -0.15) is 0 Å². The van der Waals surface area contributed by atoms with Gasteiger partial charge < -0.3 is 4.43 Å². The van der Waals surface area contributed by atoms with Gasteiger partial charge in [0.15, 0.2) is 0 Å². The highest BCUT2D eigenvalue weighted by Crippen LogP contribution is 2.37. The van der Waals surface area contributed by atoms with E-state index in [0.29, 0.717) is 16.2 Å². The highest BCUT2D eigenvalue weighted by Gasteiger charge is 2.45. The molecule has 0 aromatic heterocycles. The van der Waals surface area contributed by atoms with Crippen molar-refractivity contribution in [2.75, 3.05) is 0 Å². The molecule has 0 atom stereocenters. The molecule has 0 N–H and O–H groups in total. The van der Waals surface area contributed by atoms with Crippen molar-refractivity contribution in [3.05, 3.63) is 54.3 Å². The number of hydrogen-bond donors (Lipinski definition) is 0. The third-order valence-corrected chi connectivity index (χ3v) is 3.43. The second-order valence-electron chi connectivity index (χ2n) is 4.34. The molecule has 0 unspecified atom stereocenters. The maximum atomic E-state index is 13.3. The van der Waals surface area contributed by atoms with Gasteiger partial charge in [0.05, 0.1) is 0 Å². The van der Waals surface area contributed by atoms with Gasteiger partial charge >= 0.3 is 9.32 Å². The van der Waals surface area contributed by atoms with Crippen molar-refractivity contribution in [1.82, 2.24) is 0 Å². The van der Waals surface area contributed by atoms with Gasteiger partial charge in [-0.25, -0.2) is 16.7 Å². The Morgan fingerprint density at radius 3 is 2.25 bits per heavy atom. The van der Waals surface area contributed by atoms with Crippen LogP contribution in [-0.4, -0.2) is 9.32 Å². The SMILES string of the molecule is Fc1ccc2cc3ccccc3c(O[Si](F)(F)F)c2c1. The highest BCUT2D eigenvalue weighted by molar-refractivity contribution is 6.52. The Balaban J connectivity index is 2.41. The van der Waals surface area contributed by atoms with E-state index in [0.717, 1.165) is 6.07 Å². The average Bonchev–Trinajstić information content (AvgIpc) is 2.38. The Morgan fingerprint density at radius 2 is 1.50 bits per heavy atom. The summed E-state index contributed by atoms with van der Waals surface area (Å²) >= 11 is 0.